The average Bonchev–Trinajstić information content (AvgIpc) is 2.05. The fraction of sp³-hybridized carbons (Fsp3) is 0.429. The summed E-state index contributed by atoms with van der Waals surface area (Å²) in [5, 5.41) is 0. The van der Waals surface area contributed by atoms with E-state index >= 15 is 0 Å². The first-order valence-electron chi connectivity index (χ1n) is 3.41. The van der Waals surface area contributed by atoms with Gasteiger partial charge in [0.05, 0.1) is 4.47 Å². The van der Waals surface area contributed by atoms with Crippen LogP contribution >= 0.6 is 15.9 Å². The van der Waals surface area contributed by atoms with Gasteiger partial charge in [-0.1, -0.05) is 6.92 Å². The SMILES string of the molecule is CC(CN)c1ncc(Br)cn1. The molecule has 0 saturated heterocycles. The maximum Gasteiger partial charge on any atom is 0.132 e. The number of rotatable bonds is 2. The van der Waals surface area contributed by atoms with E-state index in [1.165, 1.54) is 0 Å². The molecule has 2 N–H and O–H groups in total. The minimum atomic E-state index is 0.239. The number of aromatic nitrogens is 2. The molecule has 0 aliphatic carbocycles. The Morgan fingerprint density at radius 2 is 2.09 bits per heavy atom. The third-order valence-corrected chi connectivity index (χ3v) is 1.84. The molecule has 0 amide bonds. The van der Waals surface area contributed by atoms with Crippen molar-refractivity contribution in [2.24, 2.45) is 5.73 Å². The van der Waals surface area contributed by atoms with Crippen LogP contribution in [0.4, 0.5) is 0 Å². The third kappa shape index (κ3) is 2.24. The second kappa shape index (κ2) is 3.78. The Hall–Kier alpha value is -0.480. The first-order valence-corrected chi connectivity index (χ1v) is 4.21. The van der Waals surface area contributed by atoms with E-state index in [0.717, 1.165) is 10.3 Å². The van der Waals surface area contributed by atoms with Gasteiger partial charge in [-0.05, 0) is 15.9 Å². The Balaban J connectivity index is 2.81. The Labute approximate surface area is 74.2 Å². The van der Waals surface area contributed by atoms with Gasteiger partial charge in [-0.2, -0.15) is 0 Å². The summed E-state index contributed by atoms with van der Waals surface area (Å²) in [6.07, 6.45) is 3.46. The van der Waals surface area contributed by atoms with Gasteiger partial charge >= 0.3 is 0 Å². The monoisotopic (exact) mass is 215 g/mol. The lowest BCUT2D eigenvalue weighted by Gasteiger charge is -2.04. The lowest BCUT2D eigenvalue weighted by Crippen LogP contribution is -2.11. The van der Waals surface area contributed by atoms with Gasteiger partial charge < -0.3 is 5.73 Å². The van der Waals surface area contributed by atoms with Gasteiger partial charge in [0.25, 0.3) is 0 Å². The number of hydrogen-bond acceptors (Lipinski definition) is 3. The summed E-state index contributed by atoms with van der Waals surface area (Å²) < 4.78 is 0.894. The fourth-order valence-corrected chi connectivity index (χ4v) is 0.887. The summed E-state index contributed by atoms with van der Waals surface area (Å²) in [7, 11) is 0. The lowest BCUT2D eigenvalue weighted by atomic mass is 10.2. The number of nitrogens with two attached hydrogens (primary N) is 1. The molecule has 1 unspecified atom stereocenters. The lowest BCUT2D eigenvalue weighted by molar-refractivity contribution is 0.710. The number of halogens is 1. The second-order valence-electron chi connectivity index (χ2n) is 2.40. The van der Waals surface area contributed by atoms with E-state index in [1.807, 2.05) is 6.92 Å². The van der Waals surface area contributed by atoms with E-state index in [-0.39, 0.29) is 5.92 Å². The van der Waals surface area contributed by atoms with Gasteiger partial charge in [-0.25, -0.2) is 9.97 Å². The van der Waals surface area contributed by atoms with Crippen LogP contribution in [0.2, 0.25) is 0 Å². The summed E-state index contributed by atoms with van der Waals surface area (Å²) in [6, 6.07) is 0. The van der Waals surface area contributed by atoms with E-state index in [2.05, 4.69) is 25.9 Å². The zero-order valence-electron chi connectivity index (χ0n) is 6.29. The first kappa shape index (κ1) is 8.62. The van der Waals surface area contributed by atoms with Crippen molar-refractivity contribution in [1.82, 2.24) is 9.97 Å². The van der Waals surface area contributed by atoms with Crippen molar-refractivity contribution in [2.45, 2.75) is 12.8 Å². The van der Waals surface area contributed by atoms with Crippen molar-refractivity contribution in [2.75, 3.05) is 6.54 Å². The van der Waals surface area contributed by atoms with Crippen LogP contribution in [0.1, 0.15) is 18.7 Å². The molecule has 0 saturated carbocycles. The zero-order chi connectivity index (χ0) is 8.27. The average molecular weight is 216 g/mol. The highest BCUT2D eigenvalue weighted by atomic mass is 79.9. The number of hydrogen-bond donors (Lipinski definition) is 1. The molecule has 0 aliphatic heterocycles. The van der Waals surface area contributed by atoms with Crippen LogP contribution in [0.5, 0.6) is 0 Å². The van der Waals surface area contributed by atoms with Crippen LogP contribution < -0.4 is 5.73 Å². The van der Waals surface area contributed by atoms with Crippen molar-refractivity contribution in [3.63, 3.8) is 0 Å². The normalized spacial score (nSPS) is 13.0. The molecule has 3 nitrogen and oxygen atoms in total. The second-order valence-corrected chi connectivity index (χ2v) is 3.31. The van der Waals surface area contributed by atoms with Gasteiger partial charge in [0, 0.05) is 24.9 Å². The van der Waals surface area contributed by atoms with Crippen molar-refractivity contribution in [3.8, 4) is 0 Å². The van der Waals surface area contributed by atoms with Crippen molar-refractivity contribution < 1.29 is 0 Å². The van der Waals surface area contributed by atoms with Gasteiger partial charge in [-0.15, -0.1) is 0 Å². The Bertz CT molecular complexity index is 222. The van der Waals surface area contributed by atoms with Crippen LogP contribution in [-0.2, 0) is 0 Å². The van der Waals surface area contributed by atoms with E-state index in [4.69, 9.17) is 5.73 Å². The summed E-state index contributed by atoms with van der Waals surface area (Å²) >= 11 is 3.26. The topological polar surface area (TPSA) is 51.8 Å². The molecule has 0 fully saturated rings. The molecular weight excluding hydrogens is 206 g/mol. The first-order chi connectivity index (χ1) is 5.24. The van der Waals surface area contributed by atoms with Crippen molar-refractivity contribution in [3.05, 3.63) is 22.7 Å². The van der Waals surface area contributed by atoms with Crippen molar-refractivity contribution >= 4 is 15.9 Å². The molecule has 1 rings (SSSR count). The molecule has 0 radical (unpaired) electrons. The van der Waals surface area contributed by atoms with Crippen LogP contribution in [0, 0.1) is 0 Å². The maximum atomic E-state index is 5.45. The van der Waals surface area contributed by atoms with Crippen LogP contribution in [0.3, 0.4) is 0 Å². The molecule has 0 spiro atoms. The van der Waals surface area contributed by atoms with Crippen molar-refractivity contribution in [1.29, 1.82) is 0 Å². The molecular formula is C7H10BrN3. The molecule has 4 heteroatoms. The molecule has 1 atom stereocenters. The van der Waals surface area contributed by atoms with E-state index in [1.54, 1.807) is 12.4 Å². The molecule has 11 heavy (non-hydrogen) atoms. The van der Waals surface area contributed by atoms with E-state index in [9.17, 15) is 0 Å². The summed E-state index contributed by atoms with van der Waals surface area (Å²) in [5.74, 6) is 1.04. The van der Waals surface area contributed by atoms with E-state index < -0.39 is 0 Å². The Kier molecular flexibility index (Phi) is 2.96. The minimum Gasteiger partial charge on any atom is -0.330 e. The predicted octanol–water partition coefficient (Wildman–Crippen LogP) is 1.30. The standard InChI is InChI=1S/C7H10BrN3/c1-5(2-9)7-10-3-6(8)4-11-7/h3-5H,2,9H2,1H3. The van der Waals surface area contributed by atoms with Crippen LogP contribution in [0.25, 0.3) is 0 Å². The highest BCUT2D eigenvalue weighted by Crippen LogP contribution is 2.10. The van der Waals surface area contributed by atoms with Crippen LogP contribution in [0.15, 0.2) is 16.9 Å². The van der Waals surface area contributed by atoms with Gasteiger partial charge in [0.2, 0.25) is 0 Å². The highest BCUT2D eigenvalue weighted by molar-refractivity contribution is 9.10. The molecule has 1 aromatic heterocycles. The molecule has 1 aromatic rings. The van der Waals surface area contributed by atoms with Crippen LogP contribution in [-0.4, -0.2) is 16.5 Å². The summed E-state index contributed by atoms with van der Waals surface area (Å²) in [6.45, 7) is 2.59. The largest absolute Gasteiger partial charge is 0.330 e. The Morgan fingerprint density at radius 3 is 2.55 bits per heavy atom. The summed E-state index contributed by atoms with van der Waals surface area (Å²) in [4.78, 5) is 8.22. The maximum absolute atomic E-state index is 5.45. The molecule has 1 heterocycles. The third-order valence-electron chi connectivity index (χ3n) is 1.43. The smallest absolute Gasteiger partial charge is 0.132 e. The van der Waals surface area contributed by atoms with E-state index in [0.29, 0.717) is 6.54 Å². The van der Waals surface area contributed by atoms with Gasteiger partial charge in [0.15, 0.2) is 0 Å². The number of nitrogens with zero attached hydrogens (tertiary/aromatic N) is 2. The van der Waals surface area contributed by atoms with Gasteiger partial charge in [0.1, 0.15) is 5.82 Å². The fourth-order valence-electron chi connectivity index (χ4n) is 0.682. The van der Waals surface area contributed by atoms with Gasteiger partial charge in [-0.3, -0.25) is 0 Å². The molecule has 60 valence electrons. The zero-order valence-corrected chi connectivity index (χ0v) is 7.87. The molecule has 0 aliphatic rings. The molecule has 0 bridgehead atoms. The minimum absolute atomic E-state index is 0.239. The molecule has 0 aromatic carbocycles. The Morgan fingerprint density at radius 1 is 1.55 bits per heavy atom. The summed E-state index contributed by atoms with van der Waals surface area (Å²) in [5.41, 5.74) is 5.45. The quantitative estimate of drug-likeness (QED) is 0.810. The predicted molar refractivity (Wildman–Crippen MR) is 47.2 cm³/mol. The highest BCUT2D eigenvalue weighted by Gasteiger charge is 2.04.